The van der Waals surface area contributed by atoms with Crippen LogP contribution in [0.25, 0.3) is 0 Å². The Morgan fingerprint density at radius 3 is 2.83 bits per heavy atom. The lowest BCUT2D eigenvalue weighted by Crippen LogP contribution is -2.45. The number of nitrogens with two attached hydrogens (primary N) is 1. The number of halogens is 1. The van der Waals surface area contributed by atoms with E-state index in [-0.39, 0.29) is 24.8 Å². The van der Waals surface area contributed by atoms with Gasteiger partial charge >= 0.3 is 6.03 Å². The summed E-state index contributed by atoms with van der Waals surface area (Å²) in [5, 5.41) is 5.35. The number of amides is 3. The number of primary amides is 1. The van der Waals surface area contributed by atoms with Crippen LogP contribution >= 0.6 is 0 Å². The number of nitrogens with zero attached hydrogens (tertiary/aromatic N) is 1. The molecule has 126 valence electrons. The van der Waals surface area contributed by atoms with Crippen molar-refractivity contribution in [3.8, 4) is 0 Å². The van der Waals surface area contributed by atoms with Crippen LogP contribution < -0.4 is 16.4 Å². The number of carbonyl (C=O) groups is 2. The molecule has 0 spiro atoms. The standard InChI is InChI=1S/C16H23FN4O2/c17-14-6-2-1-5-13(14)9-19-15(22)11-21-7-3-4-12(10-21)8-20-16(18)23/h1-2,5-6,12H,3-4,7-11H2,(H,19,22)(H3,18,20,23). The molecule has 2 rings (SSSR count). The summed E-state index contributed by atoms with van der Waals surface area (Å²) in [6.45, 7) is 2.59. The molecule has 1 aromatic rings. The largest absolute Gasteiger partial charge is 0.352 e. The maximum Gasteiger partial charge on any atom is 0.312 e. The van der Waals surface area contributed by atoms with Crippen LogP contribution in [0.15, 0.2) is 24.3 Å². The Bertz CT molecular complexity index is 553. The molecule has 3 amide bonds. The van der Waals surface area contributed by atoms with E-state index in [0.717, 1.165) is 25.9 Å². The van der Waals surface area contributed by atoms with Crippen LogP contribution in [0.5, 0.6) is 0 Å². The Hall–Kier alpha value is -2.15. The first kappa shape index (κ1) is 17.2. The maximum absolute atomic E-state index is 13.5. The number of piperidine rings is 1. The van der Waals surface area contributed by atoms with E-state index in [0.29, 0.717) is 18.0 Å². The van der Waals surface area contributed by atoms with E-state index in [1.807, 2.05) is 4.90 Å². The fourth-order valence-electron chi connectivity index (χ4n) is 2.80. The third kappa shape index (κ3) is 5.86. The molecule has 1 atom stereocenters. The summed E-state index contributed by atoms with van der Waals surface area (Å²) in [6.07, 6.45) is 1.99. The smallest absolute Gasteiger partial charge is 0.312 e. The van der Waals surface area contributed by atoms with Gasteiger partial charge < -0.3 is 16.4 Å². The van der Waals surface area contributed by atoms with Crippen LogP contribution in [-0.4, -0.2) is 43.0 Å². The van der Waals surface area contributed by atoms with E-state index in [9.17, 15) is 14.0 Å². The van der Waals surface area contributed by atoms with E-state index in [1.54, 1.807) is 18.2 Å². The first-order chi connectivity index (χ1) is 11.0. The van der Waals surface area contributed by atoms with Crippen LogP contribution in [0.3, 0.4) is 0 Å². The summed E-state index contributed by atoms with van der Waals surface area (Å²) in [7, 11) is 0. The van der Waals surface area contributed by atoms with Crippen molar-refractivity contribution in [2.45, 2.75) is 19.4 Å². The minimum Gasteiger partial charge on any atom is -0.352 e. The predicted molar refractivity (Wildman–Crippen MR) is 85.0 cm³/mol. The van der Waals surface area contributed by atoms with Crippen LogP contribution in [-0.2, 0) is 11.3 Å². The molecule has 23 heavy (non-hydrogen) atoms. The number of rotatable bonds is 6. The van der Waals surface area contributed by atoms with Gasteiger partial charge in [-0.25, -0.2) is 9.18 Å². The van der Waals surface area contributed by atoms with Gasteiger partial charge in [-0.1, -0.05) is 18.2 Å². The minimum atomic E-state index is -0.523. The van der Waals surface area contributed by atoms with Crippen molar-refractivity contribution in [1.82, 2.24) is 15.5 Å². The molecule has 0 saturated carbocycles. The van der Waals surface area contributed by atoms with Gasteiger partial charge in [0.15, 0.2) is 0 Å². The molecule has 1 aromatic carbocycles. The Labute approximate surface area is 135 Å². The number of carbonyl (C=O) groups excluding carboxylic acids is 2. The second-order valence-electron chi connectivity index (χ2n) is 5.86. The zero-order valence-electron chi connectivity index (χ0n) is 13.1. The monoisotopic (exact) mass is 322 g/mol. The van der Waals surface area contributed by atoms with Crippen LogP contribution in [0, 0.1) is 11.7 Å². The van der Waals surface area contributed by atoms with Crippen LogP contribution in [0.1, 0.15) is 18.4 Å². The summed E-state index contributed by atoms with van der Waals surface area (Å²) in [4.78, 5) is 24.8. The predicted octanol–water partition coefficient (Wildman–Crippen LogP) is 0.822. The number of hydrogen-bond acceptors (Lipinski definition) is 3. The summed E-state index contributed by atoms with van der Waals surface area (Å²) in [5.74, 6) is -0.143. The molecule has 0 aromatic heterocycles. The van der Waals surface area contributed by atoms with Gasteiger partial charge in [-0.15, -0.1) is 0 Å². The first-order valence-corrected chi connectivity index (χ1v) is 7.80. The zero-order chi connectivity index (χ0) is 16.7. The second-order valence-corrected chi connectivity index (χ2v) is 5.86. The average molecular weight is 322 g/mol. The van der Waals surface area contributed by atoms with Gasteiger partial charge in [-0.3, -0.25) is 9.69 Å². The molecule has 6 nitrogen and oxygen atoms in total. The average Bonchev–Trinajstić information content (AvgIpc) is 2.52. The minimum absolute atomic E-state index is 0.128. The van der Waals surface area contributed by atoms with E-state index >= 15 is 0 Å². The van der Waals surface area contributed by atoms with Gasteiger partial charge in [0.05, 0.1) is 6.54 Å². The second kappa shape index (κ2) is 8.47. The highest BCUT2D eigenvalue weighted by atomic mass is 19.1. The Kier molecular flexibility index (Phi) is 6.34. The Morgan fingerprint density at radius 2 is 2.09 bits per heavy atom. The van der Waals surface area contributed by atoms with Crippen molar-refractivity contribution in [2.75, 3.05) is 26.2 Å². The topological polar surface area (TPSA) is 87.5 Å². The third-order valence-corrected chi connectivity index (χ3v) is 3.97. The van der Waals surface area contributed by atoms with Crippen LogP contribution in [0.4, 0.5) is 9.18 Å². The highest BCUT2D eigenvalue weighted by molar-refractivity contribution is 5.78. The maximum atomic E-state index is 13.5. The normalized spacial score (nSPS) is 18.4. The molecule has 1 saturated heterocycles. The molecule has 7 heteroatoms. The molecule has 4 N–H and O–H groups in total. The Balaban J connectivity index is 1.74. The number of hydrogen-bond donors (Lipinski definition) is 3. The molecule has 0 radical (unpaired) electrons. The highest BCUT2D eigenvalue weighted by Gasteiger charge is 2.21. The van der Waals surface area contributed by atoms with Crippen molar-refractivity contribution in [1.29, 1.82) is 0 Å². The molecule has 0 aliphatic carbocycles. The van der Waals surface area contributed by atoms with Gasteiger partial charge in [0.2, 0.25) is 5.91 Å². The van der Waals surface area contributed by atoms with Gasteiger partial charge in [0.25, 0.3) is 0 Å². The summed E-state index contributed by atoms with van der Waals surface area (Å²) in [5.41, 5.74) is 5.55. The molecule has 1 aliphatic heterocycles. The number of nitrogens with one attached hydrogen (secondary N) is 2. The van der Waals surface area contributed by atoms with Gasteiger partial charge in [-0.2, -0.15) is 0 Å². The Morgan fingerprint density at radius 1 is 1.30 bits per heavy atom. The lowest BCUT2D eigenvalue weighted by atomic mass is 9.98. The number of urea groups is 1. The van der Waals surface area contributed by atoms with E-state index in [1.165, 1.54) is 6.07 Å². The number of likely N-dealkylation sites (tertiary alicyclic amines) is 1. The fraction of sp³-hybridized carbons (Fsp3) is 0.500. The van der Waals surface area contributed by atoms with Crippen molar-refractivity contribution in [2.24, 2.45) is 11.7 Å². The lowest BCUT2D eigenvalue weighted by molar-refractivity contribution is -0.122. The van der Waals surface area contributed by atoms with Gasteiger partial charge in [0, 0.05) is 25.2 Å². The molecule has 1 heterocycles. The summed E-state index contributed by atoms with van der Waals surface area (Å²) in [6, 6.07) is 5.87. The summed E-state index contributed by atoms with van der Waals surface area (Å²) >= 11 is 0. The molecule has 0 bridgehead atoms. The van der Waals surface area contributed by atoms with Gasteiger partial charge in [-0.05, 0) is 31.4 Å². The number of benzene rings is 1. The van der Waals surface area contributed by atoms with E-state index in [4.69, 9.17) is 5.73 Å². The highest BCUT2D eigenvalue weighted by Crippen LogP contribution is 2.15. The van der Waals surface area contributed by atoms with Crippen LogP contribution in [0.2, 0.25) is 0 Å². The fourth-order valence-corrected chi connectivity index (χ4v) is 2.80. The molecular formula is C16H23FN4O2. The lowest BCUT2D eigenvalue weighted by Gasteiger charge is -2.32. The van der Waals surface area contributed by atoms with Crippen molar-refractivity contribution < 1.29 is 14.0 Å². The van der Waals surface area contributed by atoms with E-state index < -0.39 is 6.03 Å². The molecule has 1 unspecified atom stereocenters. The first-order valence-electron chi connectivity index (χ1n) is 7.80. The quantitative estimate of drug-likeness (QED) is 0.725. The summed E-state index contributed by atoms with van der Waals surface area (Å²) < 4.78 is 13.5. The van der Waals surface area contributed by atoms with E-state index in [2.05, 4.69) is 10.6 Å². The SMILES string of the molecule is NC(=O)NCC1CCCN(CC(=O)NCc2ccccc2F)C1. The molecule has 1 aliphatic rings. The van der Waals surface area contributed by atoms with Crippen molar-refractivity contribution in [3.63, 3.8) is 0 Å². The van der Waals surface area contributed by atoms with Crippen molar-refractivity contribution in [3.05, 3.63) is 35.6 Å². The van der Waals surface area contributed by atoms with Crippen molar-refractivity contribution >= 4 is 11.9 Å². The third-order valence-electron chi connectivity index (χ3n) is 3.97. The molecule has 1 fully saturated rings. The molecular weight excluding hydrogens is 299 g/mol. The van der Waals surface area contributed by atoms with Gasteiger partial charge in [0.1, 0.15) is 5.82 Å². The zero-order valence-corrected chi connectivity index (χ0v) is 13.1.